The second-order valence-corrected chi connectivity index (χ2v) is 14.7. The summed E-state index contributed by atoms with van der Waals surface area (Å²) < 4.78 is 29.2. The number of nitrogens with zero attached hydrogens (tertiary/aromatic N) is 2. The number of carbonyl (C=O) groups is 2. The number of halogens is 3. The van der Waals surface area contributed by atoms with Crippen LogP contribution in [0.15, 0.2) is 108 Å². The molecule has 1 atom stereocenters. The molecule has 4 aromatic carbocycles. The fraction of sp³-hybridized carbons (Fsp3) is 0.278. The summed E-state index contributed by atoms with van der Waals surface area (Å²) in [6, 6.07) is 27.7. The maximum absolute atomic E-state index is 14.6. The van der Waals surface area contributed by atoms with Crippen LogP contribution in [0.25, 0.3) is 0 Å². The van der Waals surface area contributed by atoms with Gasteiger partial charge in [0.05, 0.1) is 20.6 Å². The maximum Gasteiger partial charge on any atom is 0.264 e. The van der Waals surface area contributed by atoms with Crippen LogP contribution in [0.1, 0.15) is 43.2 Å². The van der Waals surface area contributed by atoms with E-state index in [0.29, 0.717) is 20.6 Å². The third-order valence-corrected chi connectivity index (χ3v) is 11.0. The molecule has 1 fully saturated rings. The number of benzene rings is 4. The third kappa shape index (κ3) is 9.08. The monoisotopic (exact) mass is 711 g/mol. The average Bonchev–Trinajstić information content (AvgIpc) is 3.08. The lowest BCUT2D eigenvalue weighted by Gasteiger charge is -2.35. The summed E-state index contributed by atoms with van der Waals surface area (Å²) in [6.07, 6.45) is 5.11. The van der Waals surface area contributed by atoms with Crippen LogP contribution in [-0.2, 0) is 32.6 Å². The van der Waals surface area contributed by atoms with Gasteiger partial charge in [-0.05, 0) is 66.4 Å². The van der Waals surface area contributed by atoms with Crippen molar-refractivity contribution in [3.63, 3.8) is 0 Å². The van der Waals surface area contributed by atoms with Gasteiger partial charge in [0.15, 0.2) is 0 Å². The molecule has 4 aromatic rings. The first-order valence-electron chi connectivity index (χ1n) is 15.5. The molecule has 7 nitrogen and oxygen atoms in total. The van der Waals surface area contributed by atoms with Crippen molar-refractivity contribution >= 4 is 62.3 Å². The predicted octanol–water partition coefficient (Wildman–Crippen LogP) is 7.93. The summed E-state index contributed by atoms with van der Waals surface area (Å²) in [5.41, 5.74) is 1.71. The Hall–Kier alpha value is -3.56. The molecule has 5 rings (SSSR count). The molecule has 0 aliphatic heterocycles. The van der Waals surface area contributed by atoms with E-state index in [0.717, 1.165) is 42.0 Å². The van der Waals surface area contributed by atoms with E-state index in [9.17, 15) is 18.0 Å². The van der Waals surface area contributed by atoms with Crippen LogP contribution >= 0.6 is 34.8 Å². The summed E-state index contributed by atoms with van der Waals surface area (Å²) in [5.74, 6) is -0.871. The standard InChI is InChI=1S/C36H36Cl3N3O4S/c37-28-13-10-16-30(23-28)42(47(45,46)31-17-8-3-9-18-31)25-35(43)41(24-27-19-20-32(38)33(39)21-27)34(22-26-11-4-1-5-12-26)36(44)40-29-14-6-2-7-15-29/h1,3-5,8-13,16-21,23,29,34H,2,6-7,14-15,22,24-25H2,(H,40,44). The number of hydrogen-bond acceptors (Lipinski definition) is 4. The minimum atomic E-state index is -4.22. The molecule has 0 heterocycles. The van der Waals surface area contributed by atoms with E-state index in [1.165, 1.54) is 23.1 Å². The van der Waals surface area contributed by atoms with Gasteiger partial charge < -0.3 is 10.2 Å². The van der Waals surface area contributed by atoms with E-state index in [1.807, 2.05) is 30.3 Å². The highest BCUT2D eigenvalue weighted by atomic mass is 35.5. The van der Waals surface area contributed by atoms with E-state index in [1.54, 1.807) is 54.6 Å². The highest BCUT2D eigenvalue weighted by Gasteiger charge is 2.35. The number of carbonyl (C=O) groups excluding carboxylic acids is 2. The lowest BCUT2D eigenvalue weighted by atomic mass is 9.94. The highest BCUT2D eigenvalue weighted by molar-refractivity contribution is 7.92. The summed E-state index contributed by atoms with van der Waals surface area (Å²) >= 11 is 18.9. The van der Waals surface area contributed by atoms with Crippen molar-refractivity contribution in [3.8, 4) is 0 Å². The van der Waals surface area contributed by atoms with Crippen molar-refractivity contribution in [2.24, 2.45) is 0 Å². The molecule has 0 spiro atoms. The molecule has 0 saturated heterocycles. The minimum absolute atomic E-state index is 0.00197. The van der Waals surface area contributed by atoms with Crippen LogP contribution in [0.3, 0.4) is 0 Å². The molecule has 11 heteroatoms. The summed E-state index contributed by atoms with van der Waals surface area (Å²) in [5, 5.41) is 4.16. The molecular weight excluding hydrogens is 677 g/mol. The van der Waals surface area contributed by atoms with Gasteiger partial charge in [-0.1, -0.05) is 115 Å². The fourth-order valence-corrected chi connectivity index (χ4v) is 7.74. The second kappa shape index (κ2) is 16.0. The second-order valence-electron chi connectivity index (χ2n) is 11.6. The lowest BCUT2D eigenvalue weighted by Crippen LogP contribution is -2.55. The lowest BCUT2D eigenvalue weighted by molar-refractivity contribution is -0.140. The first-order valence-corrected chi connectivity index (χ1v) is 18.1. The van der Waals surface area contributed by atoms with Gasteiger partial charge >= 0.3 is 0 Å². The molecule has 47 heavy (non-hydrogen) atoms. The Labute approximate surface area is 291 Å². The number of sulfonamides is 1. The molecular formula is C36H36Cl3N3O4S. The number of nitrogens with one attached hydrogen (secondary N) is 1. The number of amides is 2. The van der Waals surface area contributed by atoms with Crippen LogP contribution in [0.2, 0.25) is 15.1 Å². The fourth-order valence-electron chi connectivity index (χ4n) is 5.81. The summed E-state index contributed by atoms with van der Waals surface area (Å²) in [4.78, 5) is 30.3. The first-order chi connectivity index (χ1) is 22.6. The van der Waals surface area contributed by atoms with Crippen LogP contribution in [0.4, 0.5) is 5.69 Å². The van der Waals surface area contributed by atoms with Crippen molar-refractivity contribution in [1.29, 1.82) is 0 Å². The van der Waals surface area contributed by atoms with Gasteiger partial charge in [0.2, 0.25) is 11.8 Å². The van der Waals surface area contributed by atoms with Gasteiger partial charge in [0.25, 0.3) is 10.0 Å². The van der Waals surface area contributed by atoms with Crippen molar-refractivity contribution in [1.82, 2.24) is 10.2 Å². The summed E-state index contributed by atoms with van der Waals surface area (Å²) in [7, 11) is -4.22. The zero-order valence-corrected chi connectivity index (χ0v) is 28.8. The van der Waals surface area contributed by atoms with Crippen molar-refractivity contribution in [3.05, 3.63) is 129 Å². The molecule has 246 valence electrons. The molecule has 1 aliphatic rings. The van der Waals surface area contributed by atoms with Crippen molar-refractivity contribution < 1.29 is 18.0 Å². The zero-order chi connectivity index (χ0) is 33.4. The minimum Gasteiger partial charge on any atom is -0.352 e. The Morgan fingerprint density at radius 1 is 0.766 bits per heavy atom. The molecule has 1 N–H and O–H groups in total. The first kappa shape index (κ1) is 34.8. The SMILES string of the molecule is O=C(NC1CCCCC1)C(Cc1ccccc1)N(Cc1ccc(Cl)c(Cl)c1)C(=O)CN(c1cccc(Cl)c1)S(=O)(=O)c1ccccc1. The normalized spacial score (nSPS) is 14.3. The van der Waals surface area contributed by atoms with Crippen LogP contribution < -0.4 is 9.62 Å². The number of anilines is 1. The molecule has 0 bridgehead atoms. The van der Waals surface area contributed by atoms with E-state index in [-0.39, 0.29) is 35.5 Å². The Balaban J connectivity index is 1.57. The van der Waals surface area contributed by atoms with Gasteiger partial charge in [0.1, 0.15) is 12.6 Å². The van der Waals surface area contributed by atoms with Gasteiger partial charge in [-0.25, -0.2) is 8.42 Å². The highest BCUT2D eigenvalue weighted by Crippen LogP contribution is 2.28. The van der Waals surface area contributed by atoms with Gasteiger partial charge in [-0.3, -0.25) is 13.9 Å². The number of hydrogen-bond donors (Lipinski definition) is 1. The van der Waals surface area contributed by atoms with E-state index in [4.69, 9.17) is 34.8 Å². The molecule has 0 aromatic heterocycles. The Morgan fingerprint density at radius 2 is 1.45 bits per heavy atom. The molecule has 0 radical (unpaired) electrons. The molecule has 1 saturated carbocycles. The van der Waals surface area contributed by atoms with Gasteiger partial charge in [0, 0.05) is 24.0 Å². The van der Waals surface area contributed by atoms with Gasteiger partial charge in [-0.15, -0.1) is 0 Å². The maximum atomic E-state index is 14.6. The van der Waals surface area contributed by atoms with E-state index in [2.05, 4.69) is 5.32 Å². The van der Waals surface area contributed by atoms with E-state index < -0.39 is 28.5 Å². The Bertz CT molecular complexity index is 1790. The van der Waals surface area contributed by atoms with Crippen LogP contribution in [0, 0.1) is 0 Å². The van der Waals surface area contributed by atoms with Crippen molar-refractivity contribution in [2.75, 3.05) is 10.8 Å². The molecule has 2 amide bonds. The largest absolute Gasteiger partial charge is 0.352 e. The summed E-state index contributed by atoms with van der Waals surface area (Å²) in [6.45, 7) is -0.596. The van der Waals surface area contributed by atoms with Crippen LogP contribution in [0.5, 0.6) is 0 Å². The topological polar surface area (TPSA) is 86.8 Å². The zero-order valence-electron chi connectivity index (χ0n) is 25.7. The average molecular weight is 713 g/mol. The van der Waals surface area contributed by atoms with Crippen molar-refractivity contribution in [2.45, 2.75) is 62.0 Å². The third-order valence-electron chi connectivity index (χ3n) is 8.27. The predicted molar refractivity (Wildman–Crippen MR) is 188 cm³/mol. The van der Waals surface area contributed by atoms with Gasteiger partial charge in [-0.2, -0.15) is 0 Å². The Morgan fingerprint density at radius 3 is 2.11 bits per heavy atom. The molecule has 1 unspecified atom stereocenters. The number of rotatable bonds is 12. The Kier molecular flexibility index (Phi) is 11.9. The van der Waals surface area contributed by atoms with Crippen LogP contribution in [-0.4, -0.2) is 43.8 Å². The molecule has 1 aliphatic carbocycles. The smallest absolute Gasteiger partial charge is 0.264 e. The van der Waals surface area contributed by atoms with E-state index >= 15 is 0 Å². The quantitative estimate of drug-likeness (QED) is 0.162.